The van der Waals surface area contributed by atoms with E-state index in [1.165, 1.54) is 32.1 Å². The molecule has 0 aliphatic heterocycles. The van der Waals surface area contributed by atoms with Crippen molar-refractivity contribution in [2.45, 2.75) is 119 Å². The SMILES string of the molecule is CC(C)CCC[C@@H](C)[C@@H]1CC[C@H]2[C@@H]3CC[C@H]4[C@H](C)CCC[C@]4(C)[C@H]3CC[C@@]21C. The maximum atomic E-state index is 2.75. The van der Waals surface area contributed by atoms with Gasteiger partial charge in [0.25, 0.3) is 0 Å². The van der Waals surface area contributed by atoms with E-state index >= 15 is 0 Å². The van der Waals surface area contributed by atoms with Gasteiger partial charge in [0, 0.05) is 0 Å². The summed E-state index contributed by atoms with van der Waals surface area (Å²) in [6.45, 7) is 15.5. The van der Waals surface area contributed by atoms with Crippen molar-refractivity contribution in [2.75, 3.05) is 0 Å². The van der Waals surface area contributed by atoms with Crippen LogP contribution in [0.2, 0.25) is 0 Å². The third-order valence-electron chi connectivity index (χ3n) is 11.2. The highest BCUT2D eigenvalue weighted by atomic mass is 14.7. The van der Waals surface area contributed by atoms with Gasteiger partial charge in [-0.2, -0.15) is 0 Å². The van der Waals surface area contributed by atoms with E-state index < -0.39 is 0 Å². The lowest BCUT2D eigenvalue weighted by molar-refractivity contribution is -0.127. The fourth-order valence-corrected chi connectivity index (χ4v) is 9.82. The molecule has 9 atom stereocenters. The normalized spacial score (nSPS) is 49.4. The summed E-state index contributed by atoms with van der Waals surface area (Å²) in [7, 11) is 0. The standard InChI is InChI=1S/C28H50/c1-19(2)9-7-10-20(3)24-14-15-25-22-12-13-23-21(4)11-8-17-27(23,5)26(22)16-18-28(24,25)6/h19-26H,7-18H2,1-6H3/t20-,21-,22+,23+,24+,25+,26+,27+,28-/m1/s1. The van der Waals surface area contributed by atoms with Crippen LogP contribution in [-0.2, 0) is 0 Å². The minimum absolute atomic E-state index is 0.669. The molecule has 0 unspecified atom stereocenters. The van der Waals surface area contributed by atoms with E-state index in [9.17, 15) is 0 Å². The van der Waals surface area contributed by atoms with Crippen LogP contribution in [0, 0.1) is 58.2 Å². The zero-order chi connectivity index (χ0) is 20.1. The molecule has 0 amide bonds. The quantitative estimate of drug-likeness (QED) is 0.443. The molecular weight excluding hydrogens is 336 g/mol. The summed E-state index contributed by atoms with van der Waals surface area (Å²) in [5.41, 5.74) is 1.35. The lowest BCUT2D eigenvalue weighted by Gasteiger charge is -2.62. The maximum Gasteiger partial charge on any atom is -0.0264 e. The van der Waals surface area contributed by atoms with E-state index in [1.54, 1.807) is 44.9 Å². The highest BCUT2D eigenvalue weighted by Crippen LogP contribution is 2.68. The maximum absolute atomic E-state index is 2.75. The van der Waals surface area contributed by atoms with Crippen molar-refractivity contribution in [1.29, 1.82) is 0 Å². The van der Waals surface area contributed by atoms with Crippen molar-refractivity contribution in [3.63, 3.8) is 0 Å². The van der Waals surface area contributed by atoms with Crippen molar-refractivity contribution in [3.05, 3.63) is 0 Å². The molecule has 4 saturated carbocycles. The molecule has 0 heterocycles. The fraction of sp³-hybridized carbons (Fsp3) is 1.00. The molecule has 0 spiro atoms. The van der Waals surface area contributed by atoms with E-state index in [-0.39, 0.29) is 0 Å². The van der Waals surface area contributed by atoms with E-state index in [1.807, 2.05) is 0 Å². The molecule has 0 aromatic rings. The van der Waals surface area contributed by atoms with Gasteiger partial charge in [-0.1, -0.05) is 73.6 Å². The van der Waals surface area contributed by atoms with Gasteiger partial charge in [-0.15, -0.1) is 0 Å². The van der Waals surface area contributed by atoms with E-state index in [2.05, 4.69) is 41.5 Å². The minimum Gasteiger partial charge on any atom is -0.0628 e. The molecular formula is C28H50. The van der Waals surface area contributed by atoms with Gasteiger partial charge in [0.1, 0.15) is 0 Å². The molecule has 4 fully saturated rings. The number of rotatable bonds is 5. The van der Waals surface area contributed by atoms with Crippen molar-refractivity contribution < 1.29 is 0 Å². The van der Waals surface area contributed by atoms with Crippen LogP contribution < -0.4 is 0 Å². The van der Waals surface area contributed by atoms with Crippen LogP contribution in [-0.4, -0.2) is 0 Å². The van der Waals surface area contributed by atoms with Crippen LogP contribution in [0.5, 0.6) is 0 Å². The summed E-state index contributed by atoms with van der Waals surface area (Å²) in [6.07, 6.45) is 18.3. The summed E-state index contributed by atoms with van der Waals surface area (Å²) in [5, 5.41) is 0. The topological polar surface area (TPSA) is 0 Å². The first kappa shape index (κ1) is 21.2. The summed E-state index contributed by atoms with van der Waals surface area (Å²) < 4.78 is 0. The van der Waals surface area contributed by atoms with Crippen molar-refractivity contribution in [3.8, 4) is 0 Å². The Morgan fingerprint density at radius 1 is 0.750 bits per heavy atom. The van der Waals surface area contributed by atoms with Gasteiger partial charge in [-0.25, -0.2) is 0 Å². The molecule has 0 N–H and O–H groups in total. The number of fused-ring (bicyclic) bond motifs is 5. The molecule has 0 radical (unpaired) electrons. The Labute approximate surface area is 177 Å². The Bertz CT molecular complexity index is 534. The summed E-state index contributed by atoms with van der Waals surface area (Å²) >= 11 is 0. The van der Waals surface area contributed by atoms with Crippen molar-refractivity contribution in [2.24, 2.45) is 58.2 Å². The molecule has 0 aromatic carbocycles. The van der Waals surface area contributed by atoms with Crippen LogP contribution in [0.25, 0.3) is 0 Å². The Hall–Kier alpha value is 0. The Kier molecular flexibility index (Phi) is 6.01. The van der Waals surface area contributed by atoms with Crippen molar-refractivity contribution in [1.82, 2.24) is 0 Å². The second-order valence-corrected chi connectivity index (χ2v) is 13.0. The largest absolute Gasteiger partial charge is 0.0628 e. The second-order valence-electron chi connectivity index (χ2n) is 13.0. The Balaban J connectivity index is 1.47. The van der Waals surface area contributed by atoms with Crippen LogP contribution in [0.1, 0.15) is 119 Å². The third-order valence-corrected chi connectivity index (χ3v) is 11.2. The lowest BCUT2D eigenvalue weighted by Crippen LogP contribution is -2.54. The first-order chi connectivity index (χ1) is 13.3. The third kappa shape index (κ3) is 3.41. The number of hydrogen-bond acceptors (Lipinski definition) is 0. The number of hydrogen-bond donors (Lipinski definition) is 0. The Morgan fingerprint density at radius 3 is 2.21 bits per heavy atom. The van der Waals surface area contributed by atoms with Gasteiger partial charge in [0.05, 0.1) is 0 Å². The molecule has 0 saturated heterocycles. The minimum atomic E-state index is 0.669. The zero-order valence-electron chi connectivity index (χ0n) is 20.1. The van der Waals surface area contributed by atoms with Gasteiger partial charge >= 0.3 is 0 Å². The average molecular weight is 387 g/mol. The van der Waals surface area contributed by atoms with Gasteiger partial charge in [0.15, 0.2) is 0 Å². The summed E-state index contributed by atoms with van der Waals surface area (Å²) in [5.74, 6) is 8.06. The van der Waals surface area contributed by atoms with Gasteiger partial charge < -0.3 is 0 Å². The van der Waals surface area contributed by atoms with Crippen molar-refractivity contribution >= 4 is 0 Å². The van der Waals surface area contributed by atoms with Crippen LogP contribution >= 0.6 is 0 Å². The predicted octanol–water partition coefficient (Wildman–Crippen LogP) is 8.74. The predicted molar refractivity (Wildman–Crippen MR) is 122 cm³/mol. The van der Waals surface area contributed by atoms with E-state index in [0.717, 1.165) is 47.3 Å². The summed E-state index contributed by atoms with van der Waals surface area (Å²) in [4.78, 5) is 0. The zero-order valence-corrected chi connectivity index (χ0v) is 20.1. The van der Waals surface area contributed by atoms with E-state index in [4.69, 9.17) is 0 Å². The molecule has 0 nitrogen and oxygen atoms in total. The molecule has 4 rings (SSSR count). The average Bonchev–Trinajstić information content (AvgIpc) is 2.98. The molecule has 4 aliphatic rings. The molecule has 0 bridgehead atoms. The molecule has 0 heteroatoms. The molecule has 162 valence electrons. The molecule has 4 aliphatic carbocycles. The molecule has 0 aromatic heterocycles. The van der Waals surface area contributed by atoms with Gasteiger partial charge in [-0.05, 0) is 103 Å². The first-order valence-corrected chi connectivity index (χ1v) is 13.3. The van der Waals surface area contributed by atoms with Crippen LogP contribution in [0.3, 0.4) is 0 Å². The van der Waals surface area contributed by atoms with E-state index in [0.29, 0.717) is 10.8 Å². The Morgan fingerprint density at radius 2 is 1.46 bits per heavy atom. The second kappa shape index (κ2) is 7.92. The fourth-order valence-electron chi connectivity index (χ4n) is 9.82. The first-order valence-electron chi connectivity index (χ1n) is 13.3. The van der Waals surface area contributed by atoms with Gasteiger partial charge in [0.2, 0.25) is 0 Å². The highest BCUT2D eigenvalue weighted by Gasteiger charge is 2.60. The monoisotopic (exact) mass is 386 g/mol. The van der Waals surface area contributed by atoms with Crippen LogP contribution in [0.15, 0.2) is 0 Å². The summed E-state index contributed by atoms with van der Waals surface area (Å²) in [6, 6.07) is 0. The lowest BCUT2D eigenvalue weighted by atomic mass is 9.43. The van der Waals surface area contributed by atoms with Crippen LogP contribution in [0.4, 0.5) is 0 Å². The molecule has 28 heavy (non-hydrogen) atoms. The van der Waals surface area contributed by atoms with Gasteiger partial charge in [-0.3, -0.25) is 0 Å². The highest BCUT2D eigenvalue weighted by molar-refractivity contribution is 5.09. The smallest absolute Gasteiger partial charge is 0.0264 e.